The zero-order chi connectivity index (χ0) is 15.8. The number of benzene rings is 1. The molecule has 3 N–H and O–H groups in total. The van der Waals surface area contributed by atoms with Crippen LogP contribution in [0.15, 0.2) is 22.7 Å². The smallest absolute Gasteiger partial charge is 0.425 e. The highest BCUT2D eigenvalue weighted by atomic mass is 79.9. The van der Waals surface area contributed by atoms with Gasteiger partial charge < -0.3 is 9.47 Å². The second-order valence-corrected chi connectivity index (χ2v) is 5.10. The maximum absolute atomic E-state index is 11.6. The standard InChI is InChI=1S/C12H14BrN3O4S/c1-7-3-4-9(8(13)5-7)20-6-10(17)14-11(21)15-16-12(18)19-2/h3-5H,6H2,1-2H3,(H,16,18)(H2,14,15,17,21). The molecular weight excluding hydrogens is 362 g/mol. The summed E-state index contributed by atoms with van der Waals surface area (Å²) in [4.78, 5) is 22.4. The normalized spacial score (nSPS) is 9.48. The van der Waals surface area contributed by atoms with Gasteiger partial charge in [-0.2, -0.15) is 0 Å². The quantitative estimate of drug-likeness (QED) is 0.546. The van der Waals surface area contributed by atoms with Crippen molar-refractivity contribution in [3.05, 3.63) is 28.2 Å². The summed E-state index contributed by atoms with van der Waals surface area (Å²) in [5.74, 6) is 0.0777. The number of rotatable bonds is 3. The molecular formula is C12H14BrN3O4S. The Hall–Kier alpha value is -1.87. The summed E-state index contributed by atoms with van der Waals surface area (Å²) in [5, 5.41) is 2.26. The molecule has 114 valence electrons. The Labute approximate surface area is 135 Å². The van der Waals surface area contributed by atoms with Crippen LogP contribution in [0.5, 0.6) is 5.75 Å². The van der Waals surface area contributed by atoms with E-state index in [0.29, 0.717) is 5.75 Å². The van der Waals surface area contributed by atoms with Crippen LogP contribution in [-0.4, -0.2) is 30.8 Å². The molecule has 2 amide bonds. The molecule has 1 aromatic rings. The fourth-order valence-electron chi connectivity index (χ4n) is 1.22. The van der Waals surface area contributed by atoms with Crippen LogP contribution in [0.25, 0.3) is 0 Å². The molecule has 0 saturated heterocycles. The van der Waals surface area contributed by atoms with Gasteiger partial charge in [-0.1, -0.05) is 6.07 Å². The number of aryl methyl sites for hydroxylation is 1. The Morgan fingerprint density at radius 3 is 2.67 bits per heavy atom. The van der Waals surface area contributed by atoms with Crippen LogP contribution in [0.2, 0.25) is 0 Å². The zero-order valence-corrected chi connectivity index (χ0v) is 13.8. The average molecular weight is 376 g/mol. The lowest BCUT2D eigenvalue weighted by atomic mass is 10.2. The van der Waals surface area contributed by atoms with Crippen molar-refractivity contribution in [1.82, 2.24) is 16.2 Å². The highest BCUT2D eigenvalue weighted by molar-refractivity contribution is 9.10. The predicted octanol–water partition coefficient (Wildman–Crippen LogP) is 1.40. The third-order valence-corrected chi connectivity index (χ3v) is 2.99. The van der Waals surface area contributed by atoms with Crippen molar-refractivity contribution in [2.45, 2.75) is 6.92 Å². The molecule has 0 spiro atoms. The van der Waals surface area contributed by atoms with Crippen molar-refractivity contribution >= 4 is 45.3 Å². The van der Waals surface area contributed by atoms with Gasteiger partial charge in [0.25, 0.3) is 5.91 Å². The number of carbonyl (C=O) groups excluding carboxylic acids is 2. The van der Waals surface area contributed by atoms with Gasteiger partial charge in [-0.3, -0.25) is 15.5 Å². The van der Waals surface area contributed by atoms with Crippen molar-refractivity contribution in [3.63, 3.8) is 0 Å². The summed E-state index contributed by atoms with van der Waals surface area (Å²) in [7, 11) is 1.20. The van der Waals surface area contributed by atoms with Crippen molar-refractivity contribution in [2.75, 3.05) is 13.7 Å². The van der Waals surface area contributed by atoms with Gasteiger partial charge in [0, 0.05) is 0 Å². The molecule has 0 saturated carbocycles. The molecule has 0 aliphatic carbocycles. The van der Waals surface area contributed by atoms with E-state index >= 15 is 0 Å². The maximum atomic E-state index is 11.6. The van der Waals surface area contributed by atoms with E-state index in [9.17, 15) is 9.59 Å². The van der Waals surface area contributed by atoms with Crippen LogP contribution in [0.1, 0.15) is 5.56 Å². The number of methoxy groups -OCH3 is 1. The molecule has 0 fully saturated rings. The van der Waals surface area contributed by atoms with E-state index in [1.807, 2.05) is 19.1 Å². The topological polar surface area (TPSA) is 88.7 Å². The Kier molecular flexibility index (Phi) is 6.89. The van der Waals surface area contributed by atoms with Crippen molar-refractivity contribution in [2.24, 2.45) is 0 Å². The first-order chi connectivity index (χ1) is 9.92. The van der Waals surface area contributed by atoms with Crippen LogP contribution in [0.4, 0.5) is 4.79 Å². The van der Waals surface area contributed by atoms with Crippen LogP contribution >= 0.6 is 28.1 Å². The fourth-order valence-corrected chi connectivity index (χ4v) is 1.99. The average Bonchev–Trinajstić information content (AvgIpc) is 2.43. The molecule has 7 nitrogen and oxygen atoms in total. The van der Waals surface area contributed by atoms with Gasteiger partial charge in [-0.15, -0.1) is 0 Å². The summed E-state index contributed by atoms with van der Waals surface area (Å²) in [6, 6.07) is 5.49. The molecule has 21 heavy (non-hydrogen) atoms. The number of hydrazine groups is 1. The molecule has 0 atom stereocenters. The first-order valence-electron chi connectivity index (χ1n) is 5.75. The van der Waals surface area contributed by atoms with E-state index in [0.717, 1.165) is 10.0 Å². The maximum Gasteiger partial charge on any atom is 0.425 e. The molecule has 1 rings (SSSR count). The number of carbonyl (C=O) groups is 2. The van der Waals surface area contributed by atoms with Gasteiger partial charge in [0.05, 0.1) is 11.6 Å². The van der Waals surface area contributed by atoms with Gasteiger partial charge in [-0.05, 0) is 52.8 Å². The number of ether oxygens (including phenoxy) is 2. The largest absolute Gasteiger partial charge is 0.483 e. The number of thiocarbonyl (C=S) groups is 1. The molecule has 0 radical (unpaired) electrons. The zero-order valence-electron chi connectivity index (χ0n) is 11.4. The van der Waals surface area contributed by atoms with Gasteiger partial charge in [0.15, 0.2) is 11.7 Å². The van der Waals surface area contributed by atoms with E-state index in [4.69, 9.17) is 17.0 Å². The lowest BCUT2D eigenvalue weighted by molar-refractivity contribution is -0.121. The lowest BCUT2D eigenvalue weighted by Gasteiger charge is -2.11. The molecule has 0 aliphatic heterocycles. The highest BCUT2D eigenvalue weighted by Gasteiger charge is 2.08. The third kappa shape index (κ3) is 6.41. The number of halogens is 1. The van der Waals surface area contributed by atoms with Gasteiger partial charge in [0.2, 0.25) is 0 Å². The molecule has 0 heterocycles. The molecule has 1 aromatic carbocycles. The second-order valence-electron chi connectivity index (χ2n) is 3.84. The lowest BCUT2D eigenvalue weighted by Crippen LogP contribution is -2.49. The number of amides is 2. The highest BCUT2D eigenvalue weighted by Crippen LogP contribution is 2.25. The minimum atomic E-state index is -0.730. The van der Waals surface area contributed by atoms with E-state index in [2.05, 4.69) is 36.8 Å². The Balaban J connectivity index is 2.37. The van der Waals surface area contributed by atoms with Gasteiger partial charge >= 0.3 is 6.09 Å². The van der Waals surface area contributed by atoms with Crippen molar-refractivity contribution in [3.8, 4) is 5.75 Å². The number of hydrogen-bond acceptors (Lipinski definition) is 5. The molecule has 0 bridgehead atoms. The number of hydrogen-bond donors (Lipinski definition) is 3. The number of nitrogens with one attached hydrogen (secondary N) is 3. The van der Waals surface area contributed by atoms with Gasteiger partial charge in [0.1, 0.15) is 5.75 Å². The Bertz CT molecular complexity index is 553. The Morgan fingerprint density at radius 2 is 2.05 bits per heavy atom. The third-order valence-electron chi connectivity index (χ3n) is 2.16. The van der Waals surface area contributed by atoms with Crippen molar-refractivity contribution in [1.29, 1.82) is 0 Å². The van der Waals surface area contributed by atoms with E-state index in [1.54, 1.807) is 6.07 Å². The van der Waals surface area contributed by atoms with E-state index < -0.39 is 12.0 Å². The first kappa shape index (κ1) is 17.2. The Morgan fingerprint density at radius 1 is 1.33 bits per heavy atom. The monoisotopic (exact) mass is 375 g/mol. The van der Waals surface area contributed by atoms with Crippen LogP contribution in [-0.2, 0) is 9.53 Å². The molecule has 0 unspecified atom stereocenters. The van der Waals surface area contributed by atoms with Crippen LogP contribution < -0.4 is 20.9 Å². The SMILES string of the molecule is COC(=O)NNC(=S)NC(=O)COc1ccc(C)cc1Br. The van der Waals surface area contributed by atoms with Crippen molar-refractivity contribution < 1.29 is 19.1 Å². The van der Waals surface area contributed by atoms with E-state index in [1.165, 1.54) is 7.11 Å². The summed E-state index contributed by atoms with van der Waals surface area (Å²) in [6.45, 7) is 1.72. The summed E-state index contributed by atoms with van der Waals surface area (Å²) < 4.78 is 10.4. The second kappa shape index (κ2) is 8.42. The minimum absolute atomic E-state index is 0.0722. The summed E-state index contributed by atoms with van der Waals surface area (Å²) in [6.07, 6.45) is -0.730. The predicted molar refractivity (Wildman–Crippen MR) is 83.8 cm³/mol. The fraction of sp³-hybridized carbons (Fsp3) is 0.250. The molecule has 9 heteroatoms. The van der Waals surface area contributed by atoms with Gasteiger partial charge in [-0.25, -0.2) is 10.2 Å². The molecule has 0 aliphatic rings. The van der Waals surface area contributed by atoms with Crippen LogP contribution in [0, 0.1) is 6.92 Å². The van der Waals surface area contributed by atoms with Crippen LogP contribution in [0.3, 0.4) is 0 Å². The minimum Gasteiger partial charge on any atom is -0.483 e. The first-order valence-corrected chi connectivity index (χ1v) is 6.95. The van der Waals surface area contributed by atoms with E-state index in [-0.39, 0.29) is 11.7 Å². The molecule has 0 aromatic heterocycles. The summed E-state index contributed by atoms with van der Waals surface area (Å²) in [5.41, 5.74) is 5.47. The summed E-state index contributed by atoms with van der Waals surface area (Å²) >= 11 is 8.13.